The Balaban J connectivity index is 1.22. The Bertz CT molecular complexity index is 2110. The van der Waals surface area contributed by atoms with Crippen molar-refractivity contribution in [3.63, 3.8) is 0 Å². The van der Waals surface area contributed by atoms with Crippen LogP contribution >= 0.6 is 11.3 Å². The van der Waals surface area contributed by atoms with Crippen molar-refractivity contribution in [3.8, 4) is 11.5 Å². The van der Waals surface area contributed by atoms with Gasteiger partial charge < -0.3 is 33.7 Å². The molecule has 13 heteroatoms. The lowest BCUT2D eigenvalue weighted by Crippen LogP contribution is -2.30. The number of rotatable bonds is 26. The number of hydrogen-bond acceptors (Lipinski definition) is 13. The number of benzene rings is 3. The second-order valence-electron chi connectivity index (χ2n) is 15.4. The smallest absolute Gasteiger partial charge is 0.343 e. The molecule has 1 aromatic heterocycles. The molecule has 0 amide bonds. The minimum atomic E-state index is -0.791. The number of para-hydroxylation sites is 1. The van der Waals surface area contributed by atoms with E-state index in [0.717, 1.165) is 58.2 Å². The van der Waals surface area contributed by atoms with E-state index in [1.165, 1.54) is 31.2 Å². The van der Waals surface area contributed by atoms with Gasteiger partial charge in [-0.25, -0.2) is 19.4 Å². The lowest BCUT2D eigenvalue weighted by atomic mass is 9.77. The van der Waals surface area contributed by atoms with E-state index in [1.807, 2.05) is 30.3 Å². The predicted octanol–water partition coefficient (Wildman–Crippen LogP) is 10.4. The van der Waals surface area contributed by atoms with Crippen LogP contribution in [0.4, 0.5) is 5.13 Å². The van der Waals surface area contributed by atoms with Crippen molar-refractivity contribution in [2.75, 3.05) is 38.4 Å². The van der Waals surface area contributed by atoms with Crippen LogP contribution < -0.4 is 14.8 Å². The molecule has 0 radical (unpaired) electrons. The van der Waals surface area contributed by atoms with E-state index in [-0.39, 0.29) is 38.9 Å². The van der Waals surface area contributed by atoms with Gasteiger partial charge in [0.1, 0.15) is 24.7 Å². The third-order valence-corrected chi connectivity index (χ3v) is 11.7. The topological polar surface area (TPSA) is 149 Å². The second-order valence-corrected chi connectivity index (χ2v) is 16.5. The minimum Gasteiger partial charge on any atom is -0.490 e. The molecule has 1 aliphatic rings. The Morgan fingerprint density at radius 2 is 1.60 bits per heavy atom. The van der Waals surface area contributed by atoms with Crippen LogP contribution in [0.1, 0.15) is 105 Å². The highest BCUT2D eigenvalue weighted by Crippen LogP contribution is 2.39. The first-order chi connectivity index (χ1) is 30.7. The molecule has 0 spiro atoms. The molecule has 12 nitrogen and oxygen atoms in total. The van der Waals surface area contributed by atoms with Gasteiger partial charge >= 0.3 is 23.9 Å². The zero-order chi connectivity index (χ0) is 44.8. The summed E-state index contributed by atoms with van der Waals surface area (Å²) in [6.45, 7) is 11.5. The molecule has 0 bridgehead atoms. The summed E-state index contributed by atoms with van der Waals surface area (Å²) in [5.74, 6) is -0.0843. The number of carbonyl (C=O) groups excluding carboxylic acids is 4. The maximum Gasteiger partial charge on any atom is 0.343 e. The molecule has 5 rings (SSSR count). The SMILES string of the molecule is C=CC(=O)OCCCCOCC(COc1ccc(C(=O)Oc2ccc(C3CCC(CCC)CC3)cc2/C=C/C(CC)Nc2nc3ccccc3s2)cc1)OC(=O)CCOC(=O)C=C. The number of carbonyl (C=O) groups is 4. The van der Waals surface area contributed by atoms with E-state index < -0.39 is 30.0 Å². The number of anilines is 1. The zero-order valence-electron chi connectivity index (χ0n) is 36.4. The molecule has 1 fully saturated rings. The van der Waals surface area contributed by atoms with Crippen molar-refractivity contribution in [2.24, 2.45) is 5.92 Å². The Morgan fingerprint density at radius 3 is 2.32 bits per heavy atom. The number of ether oxygens (including phenoxy) is 6. The van der Waals surface area contributed by atoms with E-state index >= 15 is 0 Å². The maximum atomic E-state index is 13.6. The van der Waals surface area contributed by atoms with Gasteiger partial charge in [0.05, 0.1) is 35.4 Å². The van der Waals surface area contributed by atoms with E-state index in [2.05, 4.69) is 56.6 Å². The fourth-order valence-corrected chi connectivity index (χ4v) is 8.21. The summed E-state index contributed by atoms with van der Waals surface area (Å²) in [6.07, 6.45) is 14.6. The molecule has 1 N–H and O–H groups in total. The van der Waals surface area contributed by atoms with Crippen LogP contribution in [-0.4, -0.2) is 74.0 Å². The van der Waals surface area contributed by atoms with Crippen LogP contribution in [0.3, 0.4) is 0 Å². The highest BCUT2D eigenvalue weighted by atomic mass is 32.1. The Hall–Kier alpha value is -5.79. The van der Waals surface area contributed by atoms with Crippen LogP contribution in [0.25, 0.3) is 16.3 Å². The first-order valence-electron chi connectivity index (χ1n) is 21.9. The quantitative estimate of drug-likeness (QED) is 0.0210. The van der Waals surface area contributed by atoms with Crippen LogP contribution in [0, 0.1) is 5.92 Å². The summed E-state index contributed by atoms with van der Waals surface area (Å²) in [4.78, 5) is 53.6. The molecule has 336 valence electrons. The summed E-state index contributed by atoms with van der Waals surface area (Å²) in [5, 5.41) is 4.43. The van der Waals surface area contributed by atoms with E-state index in [1.54, 1.807) is 35.6 Å². The predicted molar refractivity (Wildman–Crippen MR) is 246 cm³/mol. The van der Waals surface area contributed by atoms with E-state index in [0.29, 0.717) is 42.4 Å². The van der Waals surface area contributed by atoms with Crippen molar-refractivity contribution >= 4 is 56.6 Å². The van der Waals surface area contributed by atoms with Gasteiger partial charge in [0.25, 0.3) is 0 Å². The summed E-state index contributed by atoms with van der Waals surface area (Å²) >= 11 is 1.63. The van der Waals surface area contributed by atoms with Crippen molar-refractivity contribution < 1.29 is 47.6 Å². The van der Waals surface area contributed by atoms with Gasteiger partial charge in [-0.2, -0.15) is 0 Å². The van der Waals surface area contributed by atoms with Gasteiger partial charge in [0.2, 0.25) is 0 Å². The van der Waals surface area contributed by atoms with Crippen LogP contribution in [-0.2, 0) is 33.3 Å². The fourth-order valence-electron chi connectivity index (χ4n) is 7.28. The lowest BCUT2D eigenvalue weighted by molar-refractivity contribution is -0.156. The zero-order valence-corrected chi connectivity index (χ0v) is 37.2. The summed E-state index contributed by atoms with van der Waals surface area (Å²) in [6, 6.07) is 20.8. The number of aromatic nitrogens is 1. The highest BCUT2D eigenvalue weighted by Gasteiger charge is 2.23. The monoisotopic (exact) mass is 880 g/mol. The Kier molecular flexibility index (Phi) is 19.9. The first kappa shape index (κ1) is 48.2. The van der Waals surface area contributed by atoms with E-state index in [9.17, 15) is 19.2 Å². The van der Waals surface area contributed by atoms with Crippen molar-refractivity contribution in [1.82, 2.24) is 4.98 Å². The second kappa shape index (κ2) is 26.0. The molecular weight excluding hydrogens is 821 g/mol. The highest BCUT2D eigenvalue weighted by molar-refractivity contribution is 7.22. The van der Waals surface area contributed by atoms with Gasteiger partial charge in [-0.1, -0.05) is 81.5 Å². The fraction of sp³-hybridized carbons (Fsp3) is 0.420. The number of fused-ring (bicyclic) bond motifs is 1. The number of nitrogens with one attached hydrogen (secondary N) is 1. The molecule has 0 aliphatic heterocycles. The first-order valence-corrected chi connectivity index (χ1v) is 22.7. The number of thiazole rings is 1. The summed E-state index contributed by atoms with van der Waals surface area (Å²) in [7, 11) is 0. The standard InChI is InChI=1S/C50H60N2O10S/c1-5-13-35-16-18-36(19-17-35)38-23-27-44(39(32-38)20-24-40(6-2)51-50-52-43-14-9-10-15-45(43)63-50)62-49(56)37-21-25-41(26-22-37)60-34-42(61-48(55)28-31-59-47(54)8-4)33-57-29-11-12-30-58-46(53)7-3/h7-10,14-15,20-27,32,35-36,40,42H,3-6,11-13,16-19,28-31,33-34H2,1-2H3,(H,51,52)/b24-20+. The third-order valence-electron chi connectivity index (χ3n) is 10.7. The van der Waals surface area contributed by atoms with Crippen LogP contribution in [0.2, 0.25) is 0 Å². The van der Waals surface area contributed by atoms with Crippen molar-refractivity contribution in [3.05, 3.63) is 115 Å². The molecule has 0 saturated heterocycles. The van der Waals surface area contributed by atoms with Crippen LogP contribution in [0.5, 0.6) is 11.5 Å². The van der Waals surface area contributed by atoms with Gasteiger partial charge in [-0.3, -0.25) is 4.79 Å². The molecule has 63 heavy (non-hydrogen) atoms. The van der Waals surface area contributed by atoms with Gasteiger partial charge in [0.15, 0.2) is 11.2 Å². The van der Waals surface area contributed by atoms with Crippen molar-refractivity contribution in [2.45, 2.75) is 96.1 Å². The number of hydrogen-bond donors (Lipinski definition) is 1. The van der Waals surface area contributed by atoms with Gasteiger partial charge in [-0.15, -0.1) is 0 Å². The number of nitrogens with zero attached hydrogens (tertiary/aromatic N) is 1. The molecule has 4 aromatic rings. The van der Waals surface area contributed by atoms with Gasteiger partial charge in [-0.05, 0) is 111 Å². The molecule has 2 unspecified atom stereocenters. The van der Waals surface area contributed by atoms with Crippen molar-refractivity contribution in [1.29, 1.82) is 0 Å². The van der Waals surface area contributed by atoms with Gasteiger partial charge in [0, 0.05) is 30.4 Å². The normalized spacial score (nSPS) is 15.8. The molecule has 2 atom stereocenters. The van der Waals surface area contributed by atoms with Crippen LogP contribution in [0.15, 0.2) is 98.1 Å². The summed E-state index contributed by atoms with van der Waals surface area (Å²) in [5.41, 5.74) is 3.39. The average Bonchev–Trinajstić information content (AvgIpc) is 3.72. The Morgan fingerprint density at radius 1 is 0.873 bits per heavy atom. The maximum absolute atomic E-state index is 13.6. The van der Waals surface area contributed by atoms with E-state index in [4.69, 9.17) is 33.4 Å². The molecular formula is C50H60N2O10S. The molecule has 1 saturated carbocycles. The molecule has 1 aliphatic carbocycles. The number of esters is 4. The summed E-state index contributed by atoms with van der Waals surface area (Å²) < 4.78 is 34.3. The largest absolute Gasteiger partial charge is 0.490 e. The molecule has 3 aromatic carbocycles. The Labute approximate surface area is 374 Å². The molecule has 1 heterocycles. The average molecular weight is 881 g/mol. The number of unbranched alkanes of at least 4 members (excludes halogenated alkanes) is 1. The minimum absolute atomic E-state index is 0.00657. The third kappa shape index (κ3) is 16.1. The lowest BCUT2D eigenvalue weighted by Gasteiger charge is -2.29.